The zero-order chi connectivity index (χ0) is 15.7. The van der Waals surface area contributed by atoms with Gasteiger partial charge in [-0.15, -0.1) is 0 Å². The Kier molecular flexibility index (Phi) is 4.61. The van der Waals surface area contributed by atoms with E-state index in [0.717, 1.165) is 0 Å². The number of aromatic nitrogens is 2. The lowest BCUT2D eigenvalue weighted by molar-refractivity contribution is -0.384. The van der Waals surface area contributed by atoms with E-state index < -0.39 is 23.6 Å². The van der Waals surface area contributed by atoms with E-state index in [-0.39, 0.29) is 23.1 Å². The molecule has 0 spiro atoms. The second-order valence-corrected chi connectivity index (χ2v) is 4.98. The Bertz CT molecular complexity index is 497. The van der Waals surface area contributed by atoms with E-state index in [9.17, 15) is 23.3 Å². The van der Waals surface area contributed by atoms with Gasteiger partial charge in [-0.2, -0.15) is 18.3 Å². The van der Waals surface area contributed by atoms with Crippen molar-refractivity contribution in [2.75, 3.05) is 5.32 Å². The summed E-state index contributed by atoms with van der Waals surface area (Å²) in [6, 6.07) is -0.982. The van der Waals surface area contributed by atoms with Crippen LogP contribution in [0, 0.1) is 10.1 Å². The highest BCUT2D eigenvalue weighted by molar-refractivity contribution is 5.61. The monoisotopic (exact) mass is 294 g/mol. The quantitative estimate of drug-likeness (QED) is 0.668. The molecule has 1 unspecified atom stereocenters. The van der Waals surface area contributed by atoms with Gasteiger partial charge in [0.2, 0.25) is 5.82 Å². The molecule has 0 aliphatic rings. The highest BCUT2D eigenvalue weighted by atomic mass is 19.4. The van der Waals surface area contributed by atoms with Gasteiger partial charge in [-0.25, -0.2) is 4.68 Å². The van der Waals surface area contributed by atoms with Crippen LogP contribution >= 0.6 is 0 Å². The Morgan fingerprint density at radius 3 is 2.35 bits per heavy atom. The summed E-state index contributed by atoms with van der Waals surface area (Å²) in [7, 11) is 1.46. The number of alkyl halides is 3. The zero-order valence-corrected chi connectivity index (χ0v) is 11.7. The Morgan fingerprint density at radius 2 is 1.95 bits per heavy atom. The summed E-state index contributed by atoms with van der Waals surface area (Å²) in [5, 5.41) is 17.7. The molecule has 0 aliphatic carbocycles. The third-order valence-electron chi connectivity index (χ3n) is 2.70. The average molecular weight is 294 g/mol. The number of anilines is 1. The second-order valence-electron chi connectivity index (χ2n) is 4.98. The summed E-state index contributed by atoms with van der Waals surface area (Å²) in [4.78, 5) is 10.5. The minimum Gasteiger partial charge on any atom is -0.362 e. The van der Waals surface area contributed by atoms with Crippen molar-refractivity contribution in [1.82, 2.24) is 9.78 Å². The number of nitro groups is 1. The van der Waals surface area contributed by atoms with Gasteiger partial charge in [-0.05, 0) is 6.92 Å². The standard InChI is InChI=1S/C11H17F3N4O2/c1-6(2)8-9(18(19)20)10(17(4)16-8)15-7(3)5-11(12,13)14/h6-7,15H,5H2,1-4H3. The van der Waals surface area contributed by atoms with Crippen molar-refractivity contribution in [1.29, 1.82) is 0 Å². The van der Waals surface area contributed by atoms with Gasteiger partial charge >= 0.3 is 11.9 Å². The molecule has 1 rings (SSSR count). The first kappa shape index (κ1) is 16.3. The van der Waals surface area contributed by atoms with Crippen LogP contribution in [0.2, 0.25) is 0 Å². The van der Waals surface area contributed by atoms with Crippen molar-refractivity contribution in [2.24, 2.45) is 7.05 Å². The molecule has 0 aliphatic heterocycles. The molecule has 0 amide bonds. The van der Waals surface area contributed by atoms with E-state index in [1.54, 1.807) is 13.8 Å². The summed E-state index contributed by atoms with van der Waals surface area (Å²) in [5.41, 5.74) is -0.0178. The number of halogens is 3. The van der Waals surface area contributed by atoms with Crippen molar-refractivity contribution in [3.63, 3.8) is 0 Å². The van der Waals surface area contributed by atoms with Crippen LogP contribution in [-0.4, -0.2) is 26.9 Å². The molecule has 20 heavy (non-hydrogen) atoms. The van der Waals surface area contributed by atoms with Crippen molar-refractivity contribution in [3.8, 4) is 0 Å². The minimum absolute atomic E-state index is 0.00421. The van der Waals surface area contributed by atoms with E-state index in [1.807, 2.05) is 0 Å². The Balaban J connectivity index is 3.09. The van der Waals surface area contributed by atoms with Crippen LogP contribution in [0.15, 0.2) is 0 Å². The van der Waals surface area contributed by atoms with Crippen LogP contribution in [0.25, 0.3) is 0 Å². The summed E-state index contributed by atoms with van der Waals surface area (Å²) < 4.78 is 38.1. The normalized spacial score (nSPS) is 13.6. The first-order valence-electron chi connectivity index (χ1n) is 6.07. The van der Waals surface area contributed by atoms with Crippen LogP contribution in [0.3, 0.4) is 0 Å². The van der Waals surface area contributed by atoms with Crippen LogP contribution in [0.1, 0.15) is 38.8 Å². The van der Waals surface area contributed by atoms with Crippen LogP contribution in [-0.2, 0) is 7.05 Å². The largest absolute Gasteiger partial charge is 0.391 e. The summed E-state index contributed by atoms with van der Waals surface area (Å²) in [5.74, 6) is -0.203. The molecule has 1 heterocycles. The number of nitrogens with zero attached hydrogens (tertiary/aromatic N) is 3. The van der Waals surface area contributed by atoms with E-state index >= 15 is 0 Å². The molecule has 1 aromatic rings. The maximum atomic E-state index is 12.3. The maximum absolute atomic E-state index is 12.3. The third kappa shape index (κ3) is 3.84. The molecular formula is C11H17F3N4O2. The van der Waals surface area contributed by atoms with Gasteiger partial charge in [0.05, 0.1) is 11.3 Å². The zero-order valence-electron chi connectivity index (χ0n) is 11.7. The topological polar surface area (TPSA) is 73.0 Å². The van der Waals surface area contributed by atoms with E-state index in [4.69, 9.17) is 0 Å². The predicted molar refractivity (Wildman–Crippen MR) is 67.7 cm³/mol. The fraction of sp³-hybridized carbons (Fsp3) is 0.727. The summed E-state index contributed by atoms with van der Waals surface area (Å²) in [6.07, 6.45) is -5.41. The van der Waals surface area contributed by atoms with E-state index in [1.165, 1.54) is 18.7 Å². The Hall–Kier alpha value is -1.80. The molecule has 0 aromatic carbocycles. The molecule has 9 heteroatoms. The SMILES string of the molecule is CC(CC(F)(F)F)Nc1c([N+](=O)[O-])c(C(C)C)nn1C. The van der Waals surface area contributed by atoms with Crippen LogP contribution in [0.4, 0.5) is 24.7 Å². The van der Waals surface area contributed by atoms with Gasteiger partial charge in [-0.3, -0.25) is 10.1 Å². The minimum atomic E-state index is -4.33. The number of rotatable bonds is 5. The molecule has 6 nitrogen and oxygen atoms in total. The highest BCUT2D eigenvalue weighted by Crippen LogP contribution is 2.34. The second kappa shape index (κ2) is 5.68. The smallest absolute Gasteiger partial charge is 0.362 e. The number of hydrogen-bond acceptors (Lipinski definition) is 4. The summed E-state index contributed by atoms with van der Waals surface area (Å²) in [6.45, 7) is 4.79. The lowest BCUT2D eigenvalue weighted by Crippen LogP contribution is -2.25. The number of aryl methyl sites for hydroxylation is 1. The van der Waals surface area contributed by atoms with Crippen LogP contribution in [0.5, 0.6) is 0 Å². The molecule has 0 saturated carbocycles. The van der Waals surface area contributed by atoms with Gasteiger partial charge < -0.3 is 5.32 Å². The molecule has 0 fully saturated rings. The molecule has 0 saturated heterocycles. The molecule has 1 N–H and O–H groups in total. The molecule has 0 bridgehead atoms. The fourth-order valence-electron chi connectivity index (χ4n) is 1.90. The molecule has 114 valence electrons. The van der Waals surface area contributed by atoms with Gasteiger partial charge in [0.15, 0.2) is 0 Å². The van der Waals surface area contributed by atoms with E-state index in [2.05, 4.69) is 10.4 Å². The first-order valence-corrected chi connectivity index (χ1v) is 6.07. The Morgan fingerprint density at radius 1 is 1.40 bits per heavy atom. The number of nitrogens with one attached hydrogen (secondary N) is 1. The van der Waals surface area contributed by atoms with Gasteiger partial charge in [0.25, 0.3) is 0 Å². The predicted octanol–water partition coefficient (Wildman–Crippen LogP) is 3.20. The number of hydrogen-bond donors (Lipinski definition) is 1. The Labute approximate surface area is 114 Å². The first-order chi connectivity index (χ1) is 9.03. The van der Waals surface area contributed by atoms with Crippen molar-refractivity contribution in [2.45, 2.75) is 45.3 Å². The van der Waals surface area contributed by atoms with Gasteiger partial charge in [-0.1, -0.05) is 13.8 Å². The molecular weight excluding hydrogens is 277 g/mol. The molecule has 1 atom stereocenters. The van der Waals surface area contributed by atoms with E-state index in [0.29, 0.717) is 0 Å². The summed E-state index contributed by atoms with van der Waals surface area (Å²) >= 11 is 0. The third-order valence-corrected chi connectivity index (χ3v) is 2.70. The van der Waals surface area contributed by atoms with Crippen molar-refractivity contribution < 1.29 is 18.1 Å². The van der Waals surface area contributed by atoms with Crippen molar-refractivity contribution >= 4 is 11.5 Å². The lowest BCUT2D eigenvalue weighted by atomic mass is 10.1. The maximum Gasteiger partial charge on any atom is 0.391 e. The average Bonchev–Trinajstić information content (AvgIpc) is 2.53. The molecule has 0 radical (unpaired) electrons. The molecule has 1 aromatic heterocycles. The fourth-order valence-corrected chi connectivity index (χ4v) is 1.90. The van der Waals surface area contributed by atoms with Crippen molar-refractivity contribution in [3.05, 3.63) is 15.8 Å². The lowest BCUT2D eigenvalue weighted by Gasteiger charge is -2.16. The van der Waals surface area contributed by atoms with Gasteiger partial charge in [0, 0.05) is 19.0 Å². The van der Waals surface area contributed by atoms with Crippen LogP contribution < -0.4 is 5.32 Å². The van der Waals surface area contributed by atoms with Gasteiger partial charge in [0.1, 0.15) is 5.69 Å². The highest BCUT2D eigenvalue weighted by Gasteiger charge is 2.33.